The minimum atomic E-state index is -4.49. The quantitative estimate of drug-likeness (QED) is 0.460. The van der Waals surface area contributed by atoms with Crippen molar-refractivity contribution in [3.05, 3.63) is 74.4 Å². The molecule has 2 aliphatic rings. The lowest BCUT2D eigenvalue weighted by Crippen LogP contribution is -2.29. The molecule has 2 aromatic rings. The standard InChI is InChI=1S/C22H19F3N4O3/c1-13-10-15-16(11-17(13)32-12-22(23,24)25)29(9-5-8-14-6-3-2-4-7-14)19-18(26-15)20(30)28-21(31)27-19/h2-4,6-7,10-11H,5,8-9,12H2,1H3,(H,28,30,31). The van der Waals surface area contributed by atoms with Gasteiger partial charge in [-0.1, -0.05) is 30.3 Å². The number of nitrogens with one attached hydrogen (secondary N) is 1. The predicted molar refractivity (Wildman–Crippen MR) is 112 cm³/mol. The highest BCUT2D eigenvalue weighted by molar-refractivity contribution is 5.82. The van der Waals surface area contributed by atoms with E-state index in [0.29, 0.717) is 29.6 Å². The van der Waals surface area contributed by atoms with Gasteiger partial charge in [0.25, 0.3) is 5.56 Å². The molecule has 2 aromatic carbocycles. The molecule has 0 saturated carbocycles. The molecule has 1 N–H and O–H groups in total. The molecule has 0 aliphatic carbocycles. The third-order valence-corrected chi connectivity index (χ3v) is 4.99. The second kappa shape index (κ2) is 8.45. The fraction of sp³-hybridized carbons (Fsp3) is 0.273. The fourth-order valence-corrected chi connectivity index (χ4v) is 3.55. The Morgan fingerprint density at radius 1 is 1.09 bits per heavy atom. The summed E-state index contributed by atoms with van der Waals surface area (Å²) >= 11 is 0. The number of fused-ring (bicyclic) bond motifs is 2. The lowest BCUT2D eigenvalue weighted by molar-refractivity contribution is -0.153. The molecule has 2 aliphatic heterocycles. The Kier molecular flexibility index (Phi) is 5.68. The highest BCUT2D eigenvalue weighted by atomic mass is 19.4. The van der Waals surface area contributed by atoms with E-state index in [1.54, 1.807) is 17.6 Å². The summed E-state index contributed by atoms with van der Waals surface area (Å²) < 4.78 is 44.6. The number of aromatic nitrogens is 4. The van der Waals surface area contributed by atoms with Crippen molar-refractivity contribution in [3.8, 4) is 17.3 Å². The zero-order valence-corrected chi connectivity index (χ0v) is 17.1. The largest absolute Gasteiger partial charge is 0.484 e. The maximum absolute atomic E-state index is 12.7. The van der Waals surface area contributed by atoms with Gasteiger partial charge in [0.15, 0.2) is 18.1 Å². The Labute approximate surface area is 179 Å². The summed E-state index contributed by atoms with van der Waals surface area (Å²) in [7, 11) is 0. The molecule has 7 nitrogen and oxygen atoms in total. The number of hydrogen-bond donors (Lipinski definition) is 1. The summed E-state index contributed by atoms with van der Waals surface area (Å²) in [4.78, 5) is 34.5. The van der Waals surface area contributed by atoms with Gasteiger partial charge in [0.05, 0.1) is 11.0 Å². The molecule has 10 heteroatoms. The number of hydrogen-bond acceptors (Lipinski definition) is 5. The van der Waals surface area contributed by atoms with Gasteiger partial charge in [-0.25, -0.2) is 9.78 Å². The normalized spacial score (nSPS) is 11.9. The van der Waals surface area contributed by atoms with Gasteiger partial charge in [0.1, 0.15) is 5.75 Å². The Morgan fingerprint density at radius 2 is 1.84 bits per heavy atom. The van der Waals surface area contributed by atoms with Crippen molar-refractivity contribution in [3.63, 3.8) is 0 Å². The fourth-order valence-electron chi connectivity index (χ4n) is 3.55. The van der Waals surface area contributed by atoms with Gasteiger partial charge in [0, 0.05) is 12.6 Å². The molecule has 0 amide bonds. The Balaban J connectivity index is 1.81. The Hall–Kier alpha value is -3.69. The van der Waals surface area contributed by atoms with Crippen molar-refractivity contribution >= 4 is 11.0 Å². The molecular weight excluding hydrogens is 425 g/mol. The third-order valence-electron chi connectivity index (χ3n) is 4.99. The van der Waals surface area contributed by atoms with Crippen LogP contribution in [0.2, 0.25) is 0 Å². The molecule has 0 aromatic heterocycles. The predicted octanol–water partition coefficient (Wildman–Crippen LogP) is 3.47. The Morgan fingerprint density at radius 3 is 2.56 bits per heavy atom. The van der Waals surface area contributed by atoms with Crippen LogP contribution in [-0.2, 0) is 13.0 Å². The van der Waals surface area contributed by atoms with Gasteiger partial charge in [-0.3, -0.25) is 9.78 Å². The van der Waals surface area contributed by atoms with E-state index in [1.807, 2.05) is 30.3 Å². The second-order valence-corrected chi connectivity index (χ2v) is 7.41. The molecule has 0 bridgehead atoms. The second-order valence-electron chi connectivity index (χ2n) is 7.41. The average Bonchev–Trinajstić information content (AvgIpc) is 2.73. The lowest BCUT2D eigenvalue weighted by Gasteiger charge is -2.19. The van der Waals surface area contributed by atoms with Crippen molar-refractivity contribution in [2.45, 2.75) is 32.5 Å². The molecule has 32 heavy (non-hydrogen) atoms. The van der Waals surface area contributed by atoms with Crippen LogP contribution < -0.4 is 16.0 Å². The van der Waals surface area contributed by atoms with Gasteiger partial charge in [-0.05, 0) is 37.0 Å². The van der Waals surface area contributed by atoms with Crippen LogP contribution in [0.3, 0.4) is 0 Å². The summed E-state index contributed by atoms with van der Waals surface area (Å²) in [6.45, 7) is 0.527. The number of H-pyrrole nitrogens is 1. The van der Waals surface area contributed by atoms with E-state index in [-0.39, 0.29) is 17.3 Å². The van der Waals surface area contributed by atoms with Crippen LogP contribution in [0, 0.1) is 6.92 Å². The molecule has 2 heterocycles. The van der Waals surface area contributed by atoms with Crippen LogP contribution >= 0.6 is 0 Å². The van der Waals surface area contributed by atoms with Crippen molar-refractivity contribution in [2.75, 3.05) is 6.61 Å². The topological polar surface area (TPSA) is 89.9 Å². The summed E-state index contributed by atoms with van der Waals surface area (Å²) in [5, 5.41) is 0. The molecule has 0 unspecified atom stereocenters. The van der Waals surface area contributed by atoms with Gasteiger partial charge in [-0.2, -0.15) is 18.2 Å². The van der Waals surface area contributed by atoms with E-state index in [2.05, 4.69) is 15.0 Å². The molecule has 0 spiro atoms. The number of benzene rings is 2. The molecule has 0 atom stereocenters. The van der Waals surface area contributed by atoms with Crippen molar-refractivity contribution in [2.24, 2.45) is 0 Å². The van der Waals surface area contributed by atoms with Crippen molar-refractivity contribution in [1.29, 1.82) is 0 Å². The molecule has 166 valence electrons. The maximum atomic E-state index is 12.7. The van der Waals surface area contributed by atoms with Crippen molar-refractivity contribution in [1.82, 2.24) is 19.5 Å². The van der Waals surface area contributed by atoms with Crippen LogP contribution in [0.5, 0.6) is 5.75 Å². The van der Waals surface area contributed by atoms with E-state index in [4.69, 9.17) is 4.74 Å². The van der Waals surface area contributed by atoms with Crippen LogP contribution in [0.25, 0.3) is 22.6 Å². The van der Waals surface area contributed by atoms with Crippen LogP contribution in [0.4, 0.5) is 13.2 Å². The Bertz CT molecular complexity index is 1350. The SMILES string of the molecule is Cc1cc2nc3c(=O)[nH]c(=O)nc-3n(CCCc3ccccc3)c2cc1OCC(F)(F)F. The summed E-state index contributed by atoms with van der Waals surface area (Å²) in [5.74, 6) is 0.116. The van der Waals surface area contributed by atoms with Crippen LogP contribution in [-0.4, -0.2) is 32.3 Å². The van der Waals surface area contributed by atoms with Gasteiger partial charge >= 0.3 is 11.9 Å². The van der Waals surface area contributed by atoms with E-state index in [1.165, 1.54) is 6.07 Å². The highest BCUT2D eigenvalue weighted by Crippen LogP contribution is 2.29. The minimum absolute atomic E-state index is 0.0137. The number of aryl methyl sites for hydroxylation is 3. The summed E-state index contributed by atoms with van der Waals surface area (Å²) in [5.41, 5.74) is 0.853. The maximum Gasteiger partial charge on any atom is 0.422 e. The molecule has 0 saturated heterocycles. The molecule has 0 fully saturated rings. The van der Waals surface area contributed by atoms with E-state index >= 15 is 0 Å². The molecular formula is C22H19F3N4O3. The first-order valence-electron chi connectivity index (χ1n) is 9.90. The number of rotatable bonds is 6. The van der Waals surface area contributed by atoms with Crippen molar-refractivity contribution < 1.29 is 17.9 Å². The first-order chi connectivity index (χ1) is 15.2. The molecule has 4 rings (SSSR count). The average molecular weight is 444 g/mol. The van der Waals surface area contributed by atoms with Gasteiger partial charge in [-0.15, -0.1) is 0 Å². The number of halogens is 3. The van der Waals surface area contributed by atoms with E-state index < -0.39 is 24.0 Å². The van der Waals surface area contributed by atoms with Crippen LogP contribution in [0.1, 0.15) is 17.5 Å². The van der Waals surface area contributed by atoms with Gasteiger partial charge in [0.2, 0.25) is 0 Å². The monoisotopic (exact) mass is 444 g/mol. The molecule has 0 radical (unpaired) electrons. The van der Waals surface area contributed by atoms with Crippen LogP contribution in [0.15, 0.2) is 52.1 Å². The van der Waals surface area contributed by atoms with E-state index in [0.717, 1.165) is 12.0 Å². The highest BCUT2D eigenvalue weighted by Gasteiger charge is 2.29. The first-order valence-corrected chi connectivity index (χ1v) is 9.90. The minimum Gasteiger partial charge on any atom is -0.484 e. The van der Waals surface area contributed by atoms with E-state index in [9.17, 15) is 22.8 Å². The number of alkyl halides is 3. The number of ether oxygens (including phenoxy) is 1. The summed E-state index contributed by atoms with van der Waals surface area (Å²) in [6.07, 6.45) is -3.13. The summed E-state index contributed by atoms with van der Waals surface area (Å²) in [6, 6.07) is 12.7. The zero-order valence-electron chi connectivity index (χ0n) is 17.1. The number of aromatic amines is 1. The van der Waals surface area contributed by atoms with Gasteiger partial charge < -0.3 is 9.30 Å². The lowest BCUT2D eigenvalue weighted by atomic mass is 10.1. The third kappa shape index (κ3) is 4.63. The number of nitrogens with zero attached hydrogens (tertiary/aromatic N) is 3. The first kappa shape index (κ1) is 21.5. The smallest absolute Gasteiger partial charge is 0.422 e. The zero-order chi connectivity index (χ0) is 22.9.